The van der Waals surface area contributed by atoms with Gasteiger partial charge in [0.05, 0.1) is 30.8 Å². The summed E-state index contributed by atoms with van der Waals surface area (Å²) in [7, 11) is -3.50. The maximum atomic E-state index is 12.4. The van der Waals surface area contributed by atoms with Gasteiger partial charge in [-0.1, -0.05) is 12.1 Å². The van der Waals surface area contributed by atoms with Gasteiger partial charge in [-0.15, -0.1) is 0 Å². The van der Waals surface area contributed by atoms with E-state index in [0.29, 0.717) is 0 Å². The van der Waals surface area contributed by atoms with Crippen LogP contribution >= 0.6 is 0 Å². The van der Waals surface area contributed by atoms with Crippen molar-refractivity contribution in [3.05, 3.63) is 24.3 Å². The Morgan fingerprint density at radius 3 is 2.60 bits per heavy atom. The molecule has 1 aliphatic heterocycles. The zero-order valence-corrected chi connectivity index (χ0v) is 12.5. The van der Waals surface area contributed by atoms with Crippen molar-refractivity contribution in [3.63, 3.8) is 0 Å². The highest BCUT2D eigenvalue weighted by Crippen LogP contribution is 2.34. The highest BCUT2D eigenvalue weighted by Gasteiger charge is 2.38. The fourth-order valence-electron chi connectivity index (χ4n) is 2.15. The molecular weight excluding hydrogens is 280 g/mol. The monoisotopic (exact) mass is 298 g/mol. The van der Waals surface area contributed by atoms with Crippen LogP contribution in [0.4, 0.5) is 11.4 Å². The smallest absolute Gasteiger partial charge is 0.264 e. The van der Waals surface area contributed by atoms with Crippen LogP contribution in [0, 0.1) is 0 Å². The topological polar surface area (TPSA) is 75.7 Å². The van der Waals surface area contributed by atoms with Gasteiger partial charge in [-0.3, -0.25) is 8.98 Å². The van der Waals surface area contributed by atoms with Gasteiger partial charge in [0.15, 0.2) is 0 Å². The Labute approximate surface area is 118 Å². The fraction of sp³-hybridized carbons (Fsp3) is 0.462. The van der Waals surface area contributed by atoms with E-state index in [0.717, 1.165) is 17.6 Å². The summed E-state index contributed by atoms with van der Waals surface area (Å²) in [5, 5.41) is 3.17. The van der Waals surface area contributed by atoms with Crippen molar-refractivity contribution >= 4 is 27.4 Å². The summed E-state index contributed by atoms with van der Waals surface area (Å²) in [5.41, 5.74) is 0.838. The highest BCUT2D eigenvalue weighted by molar-refractivity contribution is 7.85. The van der Waals surface area contributed by atoms with E-state index >= 15 is 0 Å². The lowest BCUT2D eigenvalue weighted by atomic mass is 9.98. The molecule has 1 aromatic carbocycles. The molecule has 0 aromatic heterocycles. The number of nitrogens with zero attached hydrogens (tertiary/aromatic N) is 1. The van der Waals surface area contributed by atoms with Crippen molar-refractivity contribution in [3.8, 4) is 0 Å². The van der Waals surface area contributed by atoms with Crippen LogP contribution in [-0.2, 0) is 19.1 Å². The number of nitrogens with one attached hydrogen (secondary N) is 1. The van der Waals surface area contributed by atoms with Gasteiger partial charge >= 0.3 is 0 Å². The molecule has 1 N–H and O–H groups in total. The van der Waals surface area contributed by atoms with Crippen molar-refractivity contribution in [2.24, 2.45) is 0 Å². The lowest BCUT2D eigenvalue weighted by molar-refractivity contribution is -0.122. The number of rotatable bonds is 4. The summed E-state index contributed by atoms with van der Waals surface area (Å²) in [6, 6.07) is 7.41. The van der Waals surface area contributed by atoms with Crippen molar-refractivity contribution in [2.45, 2.75) is 19.4 Å². The number of anilines is 2. The Morgan fingerprint density at radius 1 is 1.30 bits per heavy atom. The summed E-state index contributed by atoms with van der Waals surface area (Å²) in [4.78, 5) is 14.0. The van der Waals surface area contributed by atoms with Crippen LogP contribution in [0.1, 0.15) is 13.8 Å². The van der Waals surface area contributed by atoms with Crippen molar-refractivity contribution in [2.75, 3.05) is 29.6 Å². The van der Waals surface area contributed by atoms with Gasteiger partial charge in [0, 0.05) is 0 Å². The second-order valence-electron chi connectivity index (χ2n) is 5.25. The number of hydrogen-bond acceptors (Lipinski definition) is 5. The minimum Gasteiger partial charge on any atom is -0.370 e. The van der Waals surface area contributed by atoms with E-state index in [4.69, 9.17) is 4.18 Å². The molecule has 0 saturated carbocycles. The number of carbonyl (C=O) groups excluding carboxylic acids is 1. The lowest BCUT2D eigenvalue weighted by Crippen LogP contribution is -2.54. The lowest BCUT2D eigenvalue weighted by Gasteiger charge is -2.39. The molecular formula is C13H18N2O4S. The standard InChI is InChI=1S/C13H18N2O4S/c1-13(2)12(16)15(8-9-19-20(3,17)18)11-7-5-4-6-10(11)14-13/h4-7,14H,8-9H2,1-3H3. The number of amides is 1. The average molecular weight is 298 g/mol. The molecule has 0 radical (unpaired) electrons. The zero-order chi connectivity index (χ0) is 15.0. The maximum absolute atomic E-state index is 12.4. The Kier molecular flexibility index (Phi) is 3.75. The Bertz CT molecular complexity index is 625. The van der Waals surface area contributed by atoms with Gasteiger partial charge < -0.3 is 10.2 Å². The molecule has 0 saturated heterocycles. The highest BCUT2D eigenvalue weighted by atomic mass is 32.2. The average Bonchev–Trinajstić information content (AvgIpc) is 2.32. The van der Waals surface area contributed by atoms with Crippen molar-refractivity contribution < 1.29 is 17.4 Å². The second-order valence-corrected chi connectivity index (χ2v) is 6.89. The summed E-state index contributed by atoms with van der Waals surface area (Å²) >= 11 is 0. The SMILES string of the molecule is CC1(C)Nc2ccccc2N(CCOS(C)(=O)=O)C1=O. The first-order valence-corrected chi connectivity index (χ1v) is 8.06. The quantitative estimate of drug-likeness (QED) is 0.845. The summed E-state index contributed by atoms with van der Waals surface area (Å²) in [5.74, 6) is -0.117. The first kappa shape index (κ1) is 14.8. The van der Waals surface area contributed by atoms with Gasteiger partial charge in [-0.2, -0.15) is 8.42 Å². The fourth-order valence-corrected chi connectivity index (χ4v) is 2.53. The van der Waals surface area contributed by atoms with E-state index in [-0.39, 0.29) is 19.1 Å². The maximum Gasteiger partial charge on any atom is 0.264 e. The largest absolute Gasteiger partial charge is 0.370 e. The van der Waals surface area contributed by atoms with Crippen LogP contribution in [0.5, 0.6) is 0 Å². The number of para-hydroxylation sites is 2. The van der Waals surface area contributed by atoms with Gasteiger partial charge in [0.1, 0.15) is 5.54 Å². The number of benzene rings is 1. The van der Waals surface area contributed by atoms with Crippen LogP contribution < -0.4 is 10.2 Å². The van der Waals surface area contributed by atoms with Crippen molar-refractivity contribution in [1.29, 1.82) is 0 Å². The molecule has 1 aromatic rings. The number of fused-ring (bicyclic) bond motifs is 1. The second kappa shape index (κ2) is 5.06. The zero-order valence-electron chi connectivity index (χ0n) is 11.7. The molecule has 0 fully saturated rings. The molecule has 6 nitrogen and oxygen atoms in total. The van der Waals surface area contributed by atoms with Gasteiger partial charge in [0.2, 0.25) is 0 Å². The van der Waals surface area contributed by atoms with E-state index in [1.807, 2.05) is 24.3 Å². The first-order valence-electron chi connectivity index (χ1n) is 6.24. The third-order valence-corrected chi connectivity index (χ3v) is 3.63. The van der Waals surface area contributed by atoms with Crippen molar-refractivity contribution in [1.82, 2.24) is 0 Å². The van der Waals surface area contributed by atoms with Gasteiger partial charge in [0.25, 0.3) is 16.0 Å². The van der Waals surface area contributed by atoms with Crippen LogP contribution in [0.2, 0.25) is 0 Å². The number of hydrogen-bond donors (Lipinski definition) is 1. The van der Waals surface area contributed by atoms with Crippen LogP contribution in [0.25, 0.3) is 0 Å². The normalized spacial score (nSPS) is 17.6. The van der Waals surface area contributed by atoms with Crippen LogP contribution in [0.15, 0.2) is 24.3 Å². The molecule has 1 aliphatic rings. The molecule has 20 heavy (non-hydrogen) atoms. The predicted molar refractivity (Wildman–Crippen MR) is 77.3 cm³/mol. The predicted octanol–water partition coefficient (Wildman–Crippen LogP) is 1.20. The molecule has 0 atom stereocenters. The summed E-state index contributed by atoms with van der Waals surface area (Å²) < 4.78 is 26.7. The molecule has 1 heterocycles. The van der Waals surface area contributed by atoms with E-state index in [1.165, 1.54) is 0 Å². The molecule has 110 valence electrons. The van der Waals surface area contributed by atoms with E-state index in [2.05, 4.69) is 5.32 Å². The molecule has 1 amide bonds. The van der Waals surface area contributed by atoms with E-state index in [1.54, 1.807) is 18.7 Å². The molecule has 0 aliphatic carbocycles. The Hall–Kier alpha value is -1.60. The molecule has 2 rings (SSSR count). The Morgan fingerprint density at radius 2 is 1.95 bits per heavy atom. The minimum atomic E-state index is -3.50. The van der Waals surface area contributed by atoms with E-state index in [9.17, 15) is 13.2 Å². The van der Waals surface area contributed by atoms with E-state index < -0.39 is 15.7 Å². The van der Waals surface area contributed by atoms with Crippen LogP contribution in [0.3, 0.4) is 0 Å². The molecule has 7 heteroatoms. The summed E-state index contributed by atoms with van der Waals surface area (Å²) in [6.45, 7) is 3.70. The third kappa shape index (κ3) is 3.10. The first-order chi connectivity index (χ1) is 9.21. The molecule has 0 spiro atoms. The number of carbonyl (C=O) groups is 1. The minimum absolute atomic E-state index is 0.0605. The Balaban J connectivity index is 2.24. The summed E-state index contributed by atoms with van der Waals surface area (Å²) in [6.07, 6.45) is 0.991. The van der Waals surface area contributed by atoms with Gasteiger partial charge in [-0.25, -0.2) is 0 Å². The molecule has 0 unspecified atom stereocenters. The van der Waals surface area contributed by atoms with Gasteiger partial charge in [-0.05, 0) is 26.0 Å². The van der Waals surface area contributed by atoms with Crippen LogP contribution in [-0.4, -0.2) is 39.3 Å². The molecule has 0 bridgehead atoms. The third-order valence-electron chi connectivity index (χ3n) is 3.03.